The summed E-state index contributed by atoms with van der Waals surface area (Å²) in [6.45, 7) is 0. The summed E-state index contributed by atoms with van der Waals surface area (Å²) < 4.78 is 5.02. The lowest BCUT2D eigenvalue weighted by atomic mass is 10.1. The van der Waals surface area contributed by atoms with E-state index in [2.05, 4.69) is 15.3 Å². The van der Waals surface area contributed by atoms with Gasteiger partial charge in [-0.05, 0) is 12.1 Å². The Morgan fingerprint density at radius 1 is 1.27 bits per heavy atom. The van der Waals surface area contributed by atoms with Gasteiger partial charge in [0, 0.05) is 0 Å². The zero-order valence-electron chi connectivity index (χ0n) is 10.9. The minimum absolute atomic E-state index is 0.0458. The number of carbonyl (C=O) groups is 1. The highest BCUT2D eigenvalue weighted by molar-refractivity contribution is 6.29. The van der Waals surface area contributed by atoms with Crippen molar-refractivity contribution in [2.45, 2.75) is 0 Å². The molecule has 0 aliphatic carbocycles. The summed E-state index contributed by atoms with van der Waals surface area (Å²) >= 11 is 5.66. The molecule has 3 aromatic rings. The molecule has 0 bridgehead atoms. The molecule has 1 aromatic carbocycles. The summed E-state index contributed by atoms with van der Waals surface area (Å²) in [5.41, 5.74) is -1.28. The first-order valence-electron chi connectivity index (χ1n) is 6.10. The van der Waals surface area contributed by atoms with Crippen LogP contribution < -0.4 is 10.9 Å². The standard InChI is InChI=1S/C14H8ClN3O4/c15-9-5-16-6-10(17-9)18-13(20)11-12(19)7-3-1-2-4-8(7)22-14(11)21/h1-6,19H,(H,17,18,20). The largest absolute Gasteiger partial charge is 0.506 e. The van der Waals surface area contributed by atoms with Gasteiger partial charge in [0.15, 0.2) is 11.4 Å². The Balaban J connectivity index is 2.06. The van der Waals surface area contributed by atoms with E-state index >= 15 is 0 Å². The number of carbonyl (C=O) groups excluding carboxylic acids is 1. The number of aromatic nitrogens is 2. The number of fused-ring (bicyclic) bond motifs is 1. The maximum atomic E-state index is 12.2. The molecule has 0 radical (unpaired) electrons. The van der Waals surface area contributed by atoms with Crippen molar-refractivity contribution in [2.24, 2.45) is 0 Å². The zero-order valence-corrected chi connectivity index (χ0v) is 11.7. The molecule has 0 atom stereocenters. The normalized spacial score (nSPS) is 10.6. The number of rotatable bonds is 2. The summed E-state index contributed by atoms with van der Waals surface area (Å²) in [6.07, 6.45) is 2.54. The van der Waals surface area contributed by atoms with E-state index in [1.807, 2.05) is 0 Å². The number of nitrogens with one attached hydrogen (secondary N) is 1. The molecular formula is C14H8ClN3O4. The number of hydrogen-bond acceptors (Lipinski definition) is 6. The zero-order chi connectivity index (χ0) is 15.7. The SMILES string of the molecule is O=C(Nc1cncc(Cl)n1)c1c(O)c2ccccc2oc1=O. The molecule has 0 spiro atoms. The molecule has 8 heteroatoms. The highest BCUT2D eigenvalue weighted by Gasteiger charge is 2.21. The Morgan fingerprint density at radius 2 is 2.05 bits per heavy atom. The third-order valence-corrected chi connectivity index (χ3v) is 3.04. The van der Waals surface area contributed by atoms with E-state index in [-0.39, 0.29) is 21.9 Å². The molecule has 7 nitrogen and oxygen atoms in total. The Hall–Kier alpha value is -2.93. The lowest BCUT2D eigenvalue weighted by molar-refractivity contribution is 0.102. The van der Waals surface area contributed by atoms with Crippen molar-refractivity contribution < 1.29 is 14.3 Å². The van der Waals surface area contributed by atoms with Crippen LogP contribution in [0.4, 0.5) is 5.82 Å². The van der Waals surface area contributed by atoms with Gasteiger partial charge >= 0.3 is 5.63 Å². The molecule has 2 aromatic heterocycles. The molecule has 22 heavy (non-hydrogen) atoms. The second-order valence-electron chi connectivity index (χ2n) is 4.29. The van der Waals surface area contributed by atoms with E-state index < -0.39 is 22.8 Å². The first-order valence-corrected chi connectivity index (χ1v) is 6.48. The first-order chi connectivity index (χ1) is 10.6. The Morgan fingerprint density at radius 3 is 2.82 bits per heavy atom. The van der Waals surface area contributed by atoms with Crippen molar-refractivity contribution in [3.63, 3.8) is 0 Å². The van der Waals surface area contributed by atoms with Crippen LogP contribution in [0.2, 0.25) is 5.15 Å². The van der Waals surface area contributed by atoms with Crippen LogP contribution in [0.15, 0.2) is 45.9 Å². The first kappa shape index (κ1) is 14.0. The number of benzene rings is 1. The van der Waals surface area contributed by atoms with E-state index in [0.29, 0.717) is 0 Å². The van der Waals surface area contributed by atoms with Crippen molar-refractivity contribution >= 4 is 34.3 Å². The van der Waals surface area contributed by atoms with Crippen LogP contribution in [0.3, 0.4) is 0 Å². The molecule has 0 saturated carbocycles. The molecule has 0 aliphatic rings. The van der Waals surface area contributed by atoms with Gasteiger partial charge in [0.05, 0.1) is 17.8 Å². The van der Waals surface area contributed by atoms with E-state index in [9.17, 15) is 14.7 Å². The van der Waals surface area contributed by atoms with Crippen LogP contribution in [0.25, 0.3) is 11.0 Å². The summed E-state index contributed by atoms with van der Waals surface area (Å²) in [6, 6.07) is 6.34. The molecule has 2 heterocycles. The second kappa shape index (κ2) is 5.45. The van der Waals surface area contributed by atoms with E-state index in [1.54, 1.807) is 12.1 Å². The van der Waals surface area contributed by atoms with Gasteiger partial charge in [-0.25, -0.2) is 9.78 Å². The Bertz CT molecular complexity index is 939. The summed E-state index contributed by atoms with van der Waals surface area (Å²) in [5.74, 6) is -1.28. The second-order valence-corrected chi connectivity index (χ2v) is 4.68. The molecule has 0 aliphatic heterocycles. The fraction of sp³-hybridized carbons (Fsp3) is 0. The van der Waals surface area contributed by atoms with Crippen LogP contribution in [0, 0.1) is 0 Å². The number of para-hydroxylation sites is 1. The van der Waals surface area contributed by atoms with Gasteiger partial charge in [0.1, 0.15) is 16.5 Å². The molecule has 0 unspecified atom stereocenters. The highest BCUT2D eigenvalue weighted by atomic mass is 35.5. The number of amides is 1. The van der Waals surface area contributed by atoms with Gasteiger partial charge < -0.3 is 14.8 Å². The van der Waals surface area contributed by atoms with Crippen LogP contribution in [-0.2, 0) is 0 Å². The van der Waals surface area contributed by atoms with E-state index in [1.165, 1.54) is 24.5 Å². The number of nitrogens with zero attached hydrogens (tertiary/aromatic N) is 2. The molecule has 110 valence electrons. The fourth-order valence-corrected chi connectivity index (χ4v) is 2.06. The molecule has 3 rings (SSSR count). The van der Waals surface area contributed by atoms with Crippen LogP contribution in [0.5, 0.6) is 5.75 Å². The van der Waals surface area contributed by atoms with Gasteiger partial charge in [0.25, 0.3) is 5.91 Å². The van der Waals surface area contributed by atoms with Crippen LogP contribution in [0.1, 0.15) is 10.4 Å². The average molecular weight is 318 g/mol. The fourth-order valence-electron chi connectivity index (χ4n) is 1.91. The lowest BCUT2D eigenvalue weighted by Crippen LogP contribution is -2.21. The molecular weight excluding hydrogens is 310 g/mol. The minimum Gasteiger partial charge on any atom is -0.506 e. The van der Waals surface area contributed by atoms with Crippen molar-refractivity contribution in [3.8, 4) is 5.75 Å². The number of anilines is 1. The quantitative estimate of drug-likeness (QED) is 0.702. The maximum Gasteiger partial charge on any atom is 0.353 e. The molecule has 0 saturated heterocycles. The molecule has 2 N–H and O–H groups in total. The van der Waals surface area contributed by atoms with Gasteiger partial charge in [-0.15, -0.1) is 0 Å². The predicted molar refractivity (Wildman–Crippen MR) is 79.1 cm³/mol. The van der Waals surface area contributed by atoms with Gasteiger partial charge in [0.2, 0.25) is 0 Å². The average Bonchev–Trinajstić information content (AvgIpc) is 2.47. The van der Waals surface area contributed by atoms with Gasteiger partial charge in [-0.1, -0.05) is 23.7 Å². The third-order valence-electron chi connectivity index (χ3n) is 2.86. The monoisotopic (exact) mass is 317 g/mol. The number of aromatic hydroxyl groups is 1. The smallest absolute Gasteiger partial charge is 0.353 e. The molecule has 0 fully saturated rings. The van der Waals surface area contributed by atoms with Gasteiger partial charge in [-0.3, -0.25) is 9.78 Å². The van der Waals surface area contributed by atoms with Crippen LogP contribution >= 0.6 is 11.6 Å². The Labute approximate surface area is 128 Å². The van der Waals surface area contributed by atoms with E-state index in [4.69, 9.17) is 16.0 Å². The predicted octanol–water partition coefficient (Wildman–Crippen LogP) is 2.19. The van der Waals surface area contributed by atoms with E-state index in [0.717, 1.165) is 0 Å². The van der Waals surface area contributed by atoms with Crippen molar-refractivity contribution in [1.82, 2.24) is 9.97 Å². The summed E-state index contributed by atoms with van der Waals surface area (Å²) in [5, 5.41) is 12.8. The summed E-state index contributed by atoms with van der Waals surface area (Å²) in [7, 11) is 0. The minimum atomic E-state index is -0.955. The van der Waals surface area contributed by atoms with Crippen molar-refractivity contribution in [2.75, 3.05) is 5.32 Å². The summed E-state index contributed by atoms with van der Waals surface area (Å²) in [4.78, 5) is 31.6. The highest BCUT2D eigenvalue weighted by Crippen LogP contribution is 2.26. The lowest BCUT2D eigenvalue weighted by Gasteiger charge is -2.06. The number of halogens is 1. The van der Waals surface area contributed by atoms with Crippen molar-refractivity contribution in [3.05, 3.63) is 57.8 Å². The number of hydrogen-bond donors (Lipinski definition) is 2. The van der Waals surface area contributed by atoms with Gasteiger partial charge in [-0.2, -0.15) is 0 Å². The third kappa shape index (κ3) is 2.49. The van der Waals surface area contributed by atoms with Crippen molar-refractivity contribution in [1.29, 1.82) is 0 Å². The maximum absolute atomic E-state index is 12.2. The Kier molecular flexibility index (Phi) is 3.48. The van der Waals surface area contributed by atoms with Crippen LogP contribution in [-0.4, -0.2) is 21.0 Å². The molecule has 1 amide bonds. The topological polar surface area (TPSA) is 105 Å².